The van der Waals surface area contributed by atoms with Crippen LogP contribution in [0.3, 0.4) is 0 Å². The number of phenolic OH excluding ortho intramolecular Hbond substituents is 1. The summed E-state index contributed by atoms with van der Waals surface area (Å²) in [6.07, 6.45) is 1.43. The second-order valence-corrected chi connectivity index (χ2v) is 6.50. The van der Waals surface area contributed by atoms with Crippen LogP contribution in [0.25, 0.3) is 6.08 Å². The molecule has 0 atom stereocenters. The summed E-state index contributed by atoms with van der Waals surface area (Å²) < 4.78 is 5.82. The molecule has 7 heteroatoms. The SMILES string of the molecule is N#C/C(=C\c1ccccc1OCc1ccc(C(=O)O)cc1)C(=O)Nc1ccc(O)cc1. The molecule has 0 aromatic heterocycles. The molecule has 0 spiro atoms. The number of carbonyl (C=O) groups excluding carboxylic acids is 1. The van der Waals surface area contributed by atoms with Crippen LogP contribution < -0.4 is 10.1 Å². The third-order valence-electron chi connectivity index (χ3n) is 4.30. The third-order valence-corrected chi connectivity index (χ3v) is 4.30. The number of aromatic hydroxyl groups is 1. The number of rotatable bonds is 7. The lowest BCUT2D eigenvalue weighted by Crippen LogP contribution is -2.13. The van der Waals surface area contributed by atoms with Crippen molar-refractivity contribution >= 4 is 23.6 Å². The molecule has 0 radical (unpaired) electrons. The van der Waals surface area contributed by atoms with E-state index < -0.39 is 11.9 Å². The van der Waals surface area contributed by atoms with Crippen molar-refractivity contribution in [3.05, 3.63) is 95.1 Å². The molecule has 3 aromatic carbocycles. The number of nitriles is 1. The van der Waals surface area contributed by atoms with Gasteiger partial charge in [0.15, 0.2) is 0 Å². The molecule has 1 amide bonds. The largest absolute Gasteiger partial charge is 0.508 e. The predicted molar refractivity (Wildman–Crippen MR) is 115 cm³/mol. The van der Waals surface area contributed by atoms with E-state index in [2.05, 4.69) is 5.32 Å². The fourth-order valence-electron chi connectivity index (χ4n) is 2.68. The normalized spacial score (nSPS) is 10.7. The van der Waals surface area contributed by atoms with Crippen molar-refractivity contribution in [3.8, 4) is 17.6 Å². The van der Waals surface area contributed by atoms with Crippen LogP contribution in [0.4, 0.5) is 5.69 Å². The number of carbonyl (C=O) groups is 2. The Balaban J connectivity index is 1.75. The lowest BCUT2D eigenvalue weighted by Gasteiger charge is -2.10. The van der Waals surface area contributed by atoms with E-state index in [1.54, 1.807) is 36.4 Å². The summed E-state index contributed by atoms with van der Waals surface area (Å²) in [5.41, 5.74) is 1.83. The van der Waals surface area contributed by atoms with Crippen molar-refractivity contribution in [3.63, 3.8) is 0 Å². The Morgan fingerprint density at radius 1 is 1.00 bits per heavy atom. The highest BCUT2D eigenvalue weighted by Gasteiger charge is 2.12. The van der Waals surface area contributed by atoms with Gasteiger partial charge in [0, 0.05) is 11.3 Å². The number of carboxylic acids is 1. The number of carboxylic acid groups (broad SMARTS) is 1. The summed E-state index contributed by atoms with van der Waals surface area (Å²) in [6.45, 7) is 0.187. The minimum atomic E-state index is -1.00. The summed E-state index contributed by atoms with van der Waals surface area (Å²) in [7, 11) is 0. The predicted octanol–water partition coefficient (Wildman–Crippen LogP) is 4.22. The zero-order valence-corrected chi connectivity index (χ0v) is 16.3. The first-order valence-electron chi connectivity index (χ1n) is 9.22. The van der Waals surface area contributed by atoms with E-state index in [1.807, 2.05) is 6.07 Å². The van der Waals surface area contributed by atoms with Crippen molar-refractivity contribution in [2.75, 3.05) is 5.32 Å². The number of para-hydroxylation sites is 1. The number of hydrogen-bond acceptors (Lipinski definition) is 5. The molecular weight excluding hydrogens is 396 g/mol. The van der Waals surface area contributed by atoms with Gasteiger partial charge in [-0.15, -0.1) is 0 Å². The van der Waals surface area contributed by atoms with Crippen LogP contribution in [-0.2, 0) is 11.4 Å². The second-order valence-electron chi connectivity index (χ2n) is 6.50. The molecule has 0 saturated heterocycles. The van der Waals surface area contributed by atoms with Gasteiger partial charge in [-0.2, -0.15) is 5.26 Å². The molecule has 31 heavy (non-hydrogen) atoms. The Hall–Kier alpha value is -4.57. The average Bonchev–Trinajstić information content (AvgIpc) is 2.78. The van der Waals surface area contributed by atoms with Crippen LogP contribution in [-0.4, -0.2) is 22.1 Å². The zero-order valence-electron chi connectivity index (χ0n) is 16.3. The number of benzene rings is 3. The maximum atomic E-state index is 12.5. The number of nitrogens with zero attached hydrogens (tertiary/aromatic N) is 1. The van der Waals surface area contributed by atoms with Gasteiger partial charge in [0.2, 0.25) is 0 Å². The van der Waals surface area contributed by atoms with Crippen molar-refractivity contribution in [2.24, 2.45) is 0 Å². The third kappa shape index (κ3) is 5.71. The first kappa shape index (κ1) is 21.1. The molecule has 0 aliphatic heterocycles. The van der Waals surface area contributed by atoms with Crippen LogP contribution in [0.1, 0.15) is 21.5 Å². The molecule has 7 nitrogen and oxygen atoms in total. The van der Waals surface area contributed by atoms with E-state index in [4.69, 9.17) is 9.84 Å². The summed E-state index contributed by atoms with van der Waals surface area (Å²) in [5, 5.41) is 30.3. The maximum Gasteiger partial charge on any atom is 0.335 e. The zero-order chi connectivity index (χ0) is 22.2. The summed E-state index contributed by atoms with van der Waals surface area (Å²) in [5.74, 6) is -1.06. The molecule has 0 aliphatic carbocycles. The summed E-state index contributed by atoms with van der Waals surface area (Å²) in [6, 6.07) is 21.1. The molecule has 3 aromatic rings. The van der Waals surface area contributed by atoms with E-state index in [-0.39, 0.29) is 23.5 Å². The van der Waals surface area contributed by atoms with Crippen molar-refractivity contribution in [2.45, 2.75) is 6.61 Å². The molecular formula is C24H18N2O5. The molecule has 3 N–H and O–H groups in total. The van der Waals surface area contributed by atoms with Crippen molar-refractivity contribution in [1.29, 1.82) is 5.26 Å². The van der Waals surface area contributed by atoms with E-state index >= 15 is 0 Å². The van der Waals surface area contributed by atoms with Crippen LogP contribution in [0.2, 0.25) is 0 Å². The van der Waals surface area contributed by atoms with Crippen molar-refractivity contribution in [1.82, 2.24) is 0 Å². The van der Waals surface area contributed by atoms with Gasteiger partial charge in [-0.1, -0.05) is 30.3 Å². The van der Waals surface area contributed by atoms with Gasteiger partial charge in [-0.3, -0.25) is 4.79 Å². The molecule has 0 unspecified atom stereocenters. The van der Waals surface area contributed by atoms with E-state index in [9.17, 15) is 20.0 Å². The fourth-order valence-corrected chi connectivity index (χ4v) is 2.68. The number of anilines is 1. The molecule has 0 saturated carbocycles. The monoisotopic (exact) mass is 414 g/mol. The second kappa shape index (κ2) is 9.76. The smallest absolute Gasteiger partial charge is 0.335 e. The van der Waals surface area contributed by atoms with E-state index in [0.29, 0.717) is 17.0 Å². The molecule has 0 aliphatic rings. The molecule has 3 rings (SSSR count). The Bertz CT molecular complexity index is 1160. The Morgan fingerprint density at radius 2 is 1.68 bits per heavy atom. The Morgan fingerprint density at radius 3 is 2.32 bits per heavy atom. The fraction of sp³-hybridized carbons (Fsp3) is 0.0417. The Kier molecular flexibility index (Phi) is 6.66. The number of amides is 1. The van der Waals surface area contributed by atoms with Crippen LogP contribution in [0.5, 0.6) is 11.5 Å². The average molecular weight is 414 g/mol. The number of ether oxygens (including phenoxy) is 1. The Labute approximate surface area is 178 Å². The van der Waals surface area contributed by atoms with Crippen LogP contribution in [0, 0.1) is 11.3 Å². The number of aromatic carboxylic acids is 1. The van der Waals surface area contributed by atoms with Crippen molar-refractivity contribution < 1.29 is 24.5 Å². The first-order chi connectivity index (χ1) is 15.0. The number of phenols is 1. The molecule has 0 bridgehead atoms. The highest BCUT2D eigenvalue weighted by Crippen LogP contribution is 2.23. The lowest BCUT2D eigenvalue weighted by molar-refractivity contribution is -0.112. The first-order valence-corrected chi connectivity index (χ1v) is 9.22. The van der Waals surface area contributed by atoms with E-state index in [1.165, 1.54) is 42.5 Å². The highest BCUT2D eigenvalue weighted by atomic mass is 16.5. The van der Waals surface area contributed by atoms with Gasteiger partial charge < -0.3 is 20.3 Å². The van der Waals surface area contributed by atoms with Crippen LogP contribution in [0.15, 0.2) is 78.4 Å². The number of nitrogens with one attached hydrogen (secondary N) is 1. The standard InChI is InChI=1S/C24H18N2O5/c25-14-19(23(28)26-20-9-11-21(27)12-10-20)13-18-3-1-2-4-22(18)31-15-16-5-7-17(8-6-16)24(29)30/h1-13,27H,15H2,(H,26,28)(H,29,30)/b19-13+. The lowest BCUT2D eigenvalue weighted by atomic mass is 10.1. The molecule has 154 valence electrons. The van der Waals surface area contributed by atoms with E-state index in [0.717, 1.165) is 5.56 Å². The topological polar surface area (TPSA) is 120 Å². The molecule has 0 heterocycles. The quantitative estimate of drug-likeness (QED) is 0.303. The van der Waals surface area contributed by atoms with Gasteiger partial charge in [0.25, 0.3) is 5.91 Å². The van der Waals surface area contributed by atoms with Gasteiger partial charge in [-0.25, -0.2) is 4.79 Å². The number of hydrogen-bond donors (Lipinski definition) is 3. The van der Waals surface area contributed by atoms with Gasteiger partial charge >= 0.3 is 5.97 Å². The molecule has 0 fully saturated rings. The summed E-state index contributed by atoms with van der Waals surface area (Å²) >= 11 is 0. The summed E-state index contributed by atoms with van der Waals surface area (Å²) in [4.78, 5) is 23.4. The maximum absolute atomic E-state index is 12.5. The van der Waals surface area contributed by atoms with Gasteiger partial charge in [-0.05, 0) is 54.1 Å². The van der Waals surface area contributed by atoms with Gasteiger partial charge in [0.05, 0.1) is 5.56 Å². The minimum Gasteiger partial charge on any atom is -0.508 e. The van der Waals surface area contributed by atoms with Crippen LogP contribution >= 0.6 is 0 Å². The minimum absolute atomic E-state index is 0.0673. The highest BCUT2D eigenvalue weighted by molar-refractivity contribution is 6.09. The van der Waals surface area contributed by atoms with Gasteiger partial charge in [0.1, 0.15) is 29.7 Å².